The van der Waals surface area contributed by atoms with E-state index in [1.54, 1.807) is 0 Å². The monoisotopic (exact) mass is 331 g/mol. The van der Waals surface area contributed by atoms with E-state index in [0.717, 1.165) is 22.2 Å². The zero-order chi connectivity index (χ0) is 12.6. The minimum absolute atomic E-state index is 0.102. The Labute approximate surface area is 118 Å². The molecule has 2 aliphatic heterocycles. The van der Waals surface area contributed by atoms with Gasteiger partial charge in [0.05, 0.1) is 22.6 Å². The molecule has 1 aromatic rings. The molecule has 1 amide bonds. The number of ether oxygens (including phenoxy) is 2. The molecule has 0 N–H and O–H groups in total. The van der Waals surface area contributed by atoms with Gasteiger partial charge in [0.1, 0.15) is 0 Å². The van der Waals surface area contributed by atoms with Crippen LogP contribution in [0.3, 0.4) is 0 Å². The Hall–Kier alpha value is -0.430. The summed E-state index contributed by atoms with van der Waals surface area (Å²) in [7, 11) is 0. The Balaban J connectivity index is 1.64. The molecule has 2 saturated heterocycles. The molecule has 1 spiro atoms. The van der Waals surface area contributed by atoms with Crippen LogP contribution in [0, 0.1) is 0 Å². The summed E-state index contributed by atoms with van der Waals surface area (Å²) < 4.78 is 12.3. The summed E-state index contributed by atoms with van der Waals surface area (Å²) in [5.41, 5.74) is 0.760. The molecule has 0 radical (unpaired) electrons. The van der Waals surface area contributed by atoms with Gasteiger partial charge < -0.3 is 14.4 Å². The van der Waals surface area contributed by atoms with E-state index in [1.165, 1.54) is 11.3 Å². The quantitative estimate of drug-likeness (QED) is 0.793. The fourth-order valence-electron chi connectivity index (χ4n) is 2.44. The van der Waals surface area contributed by atoms with Gasteiger partial charge in [-0.3, -0.25) is 4.79 Å². The standard InChI is InChI=1S/C12H14BrNO3S/c13-10-7-9(8-18-10)11(15)14-3-1-12(2-4-14)16-5-6-17-12/h7-8H,1-6H2. The van der Waals surface area contributed by atoms with Crippen molar-refractivity contribution in [2.24, 2.45) is 0 Å². The summed E-state index contributed by atoms with van der Waals surface area (Å²) in [5, 5.41) is 1.89. The molecule has 0 bridgehead atoms. The zero-order valence-electron chi connectivity index (χ0n) is 9.86. The zero-order valence-corrected chi connectivity index (χ0v) is 12.3. The summed E-state index contributed by atoms with van der Waals surface area (Å²) in [5.74, 6) is -0.309. The predicted molar refractivity (Wildman–Crippen MR) is 71.8 cm³/mol. The first kappa shape index (κ1) is 12.6. The molecular weight excluding hydrogens is 318 g/mol. The number of carbonyl (C=O) groups excluding carboxylic acids is 1. The number of hydrogen-bond donors (Lipinski definition) is 0. The Morgan fingerprint density at radius 3 is 2.56 bits per heavy atom. The van der Waals surface area contributed by atoms with Gasteiger partial charge in [-0.05, 0) is 22.0 Å². The fraction of sp³-hybridized carbons (Fsp3) is 0.583. The maximum Gasteiger partial charge on any atom is 0.254 e. The van der Waals surface area contributed by atoms with Gasteiger partial charge in [0, 0.05) is 31.3 Å². The molecule has 18 heavy (non-hydrogen) atoms. The molecule has 0 saturated carbocycles. The second-order valence-electron chi connectivity index (χ2n) is 4.54. The van der Waals surface area contributed by atoms with E-state index in [4.69, 9.17) is 9.47 Å². The Bertz CT molecular complexity index is 446. The Morgan fingerprint density at radius 1 is 1.33 bits per heavy atom. The number of piperidine rings is 1. The van der Waals surface area contributed by atoms with Crippen molar-refractivity contribution in [1.82, 2.24) is 4.90 Å². The summed E-state index contributed by atoms with van der Waals surface area (Å²) >= 11 is 4.92. The van der Waals surface area contributed by atoms with Gasteiger partial charge in [0.2, 0.25) is 0 Å². The molecular formula is C12H14BrNO3S. The molecule has 4 nitrogen and oxygen atoms in total. The highest BCUT2D eigenvalue weighted by Gasteiger charge is 2.40. The molecule has 0 unspecified atom stereocenters. The van der Waals surface area contributed by atoms with E-state index in [-0.39, 0.29) is 5.91 Å². The molecule has 2 fully saturated rings. The van der Waals surface area contributed by atoms with Crippen molar-refractivity contribution >= 4 is 33.2 Å². The third-order valence-electron chi connectivity index (χ3n) is 3.44. The van der Waals surface area contributed by atoms with E-state index in [1.807, 2.05) is 16.3 Å². The number of amides is 1. The van der Waals surface area contributed by atoms with Gasteiger partial charge >= 0.3 is 0 Å². The minimum atomic E-state index is -0.411. The van der Waals surface area contributed by atoms with Crippen LogP contribution in [0.2, 0.25) is 0 Å². The average Bonchev–Trinajstić information content (AvgIpc) is 3.00. The Kier molecular flexibility index (Phi) is 3.44. The fourth-order valence-corrected chi connectivity index (χ4v) is 3.57. The molecule has 1 aromatic heterocycles. The number of rotatable bonds is 1. The van der Waals surface area contributed by atoms with Gasteiger partial charge in [0.15, 0.2) is 5.79 Å². The van der Waals surface area contributed by atoms with Gasteiger partial charge in [-0.2, -0.15) is 0 Å². The molecule has 0 aromatic carbocycles. The van der Waals surface area contributed by atoms with Crippen LogP contribution < -0.4 is 0 Å². The lowest BCUT2D eigenvalue weighted by Crippen LogP contribution is -2.47. The number of nitrogens with zero attached hydrogens (tertiary/aromatic N) is 1. The normalized spacial score (nSPS) is 22.6. The third-order valence-corrected chi connectivity index (χ3v) is 4.94. The first-order valence-corrected chi connectivity index (χ1v) is 7.67. The molecule has 0 atom stereocenters. The highest BCUT2D eigenvalue weighted by molar-refractivity contribution is 9.11. The van der Waals surface area contributed by atoms with Crippen LogP contribution in [0.5, 0.6) is 0 Å². The van der Waals surface area contributed by atoms with Crippen molar-refractivity contribution in [3.8, 4) is 0 Å². The first-order chi connectivity index (χ1) is 8.69. The summed E-state index contributed by atoms with van der Waals surface area (Å²) in [4.78, 5) is 14.1. The SMILES string of the molecule is O=C(c1csc(Br)c1)N1CCC2(CC1)OCCO2. The van der Waals surface area contributed by atoms with Crippen LogP contribution in [-0.4, -0.2) is 42.9 Å². The van der Waals surface area contributed by atoms with Crippen molar-refractivity contribution < 1.29 is 14.3 Å². The number of likely N-dealkylation sites (tertiary alicyclic amines) is 1. The molecule has 98 valence electrons. The van der Waals surface area contributed by atoms with Crippen molar-refractivity contribution in [2.75, 3.05) is 26.3 Å². The van der Waals surface area contributed by atoms with Crippen LogP contribution in [0.4, 0.5) is 0 Å². The highest BCUT2D eigenvalue weighted by Crippen LogP contribution is 2.32. The number of thiophene rings is 1. The summed E-state index contributed by atoms with van der Waals surface area (Å²) in [6.45, 7) is 2.75. The van der Waals surface area contributed by atoms with Crippen LogP contribution >= 0.6 is 27.3 Å². The molecule has 0 aliphatic carbocycles. The number of hydrogen-bond acceptors (Lipinski definition) is 4. The van der Waals surface area contributed by atoms with Crippen LogP contribution in [0.15, 0.2) is 15.2 Å². The van der Waals surface area contributed by atoms with Crippen LogP contribution in [0.1, 0.15) is 23.2 Å². The first-order valence-electron chi connectivity index (χ1n) is 6.00. The van der Waals surface area contributed by atoms with Crippen molar-refractivity contribution in [2.45, 2.75) is 18.6 Å². The second kappa shape index (κ2) is 4.92. The number of halogens is 1. The lowest BCUT2D eigenvalue weighted by molar-refractivity contribution is -0.181. The highest BCUT2D eigenvalue weighted by atomic mass is 79.9. The van der Waals surface area contributed by atoms with Gasteiger partial charge in [-0.1, -0.05) is 0 Å². The van der Waals surface area contributed by atoms with Crippen LogP contribution in [0.25, 0.3) is 0 Å². The predicted octanol–water partition coefficient (Wildman–Crippen LogP) is 2.49. The third kappa shape index (κ3) is 2.34. The van der Waals surface area contributed by atoms with Crippen molar-refractivity contribution in [1.29, 1.82) is 0 Å². The minimum Gasteiger partial charge on any atom is -0.347 e. The molecule has 3 heterocycles. The van der Waals surface area contributed by atoms with Crippen LogP contribution in [-0.2, 0) is 9.47 Å². The molecule has 2 aliphatic rings. The van der Waals surface area contributed by atoms with E-state index in [9.17, 15) is 4.79 Å². The largest absolute Gasteiger partial charge is 0.347 e. The molecule has 6 heteroatoms. The maximum atomic E-state index is 12.2. The molecule has 3 rings (SSSR count). The van der Waals surface area contributed by atoms with Crippen molar-refractivity contribution in [3.05, 3.63) is 20.8 Å². The Morgan fingerprint density at radius 2 is 2.00 bits per heavy atom. The topological polar surface area (TPSA) is 38.8 Å². The summed E-state index contributed by atoms with van der Waals surface area (Å²) in [6.07, 6.45) is 1.54. The van der Waals surface area contributed by atoms with Crippen molar-refractivity contribution in [3.63, 3.8) is 0 Å². The lowest BCUT2D eigenvalue weighted by atomic mass is 10.0. The maximum absolute atomic E-state index is 12.2. The number of carbonyl (C=O) groups is 1. The van der Waals surface area contributed by atoms with Gasteiger partial charge in [0.25, 0.3) is 5.91 Å². The van der Waals surface area contributed by atoms with E-state index >= 15 is 0 Å². The smallest absolute Gasteiger partial charge is 0.254 e. The lowest BCUT2D eigenvalue weighted by Gasteiger charge is -2.37. The van der Waals surface area contributed by atoms with Gasteiger partial charge in [-0.25, -0.2) is 0 Å². The summed E-state index contributed by atoms with van der Waals surface area (Å²) in [6, 6.07) is 1.87. The van der Waals surface area contributed by atoms with E-state index < -0.39 is 5.79 Å². The second-order valence-corrected chi connectivity index (χ2v) is 6.83. The van der Waals surface area contributed by atoms with E-state index in [0.29, 0.717) is 26.3 Å². The van der Waals surface area contributed by atoms with Gasteiger partial charge in [-0.15, -0.1) is 11.3 Å². The average molecular weight is 332 g/mol. The van der Waals surface area contributed by atoms with E-state index in [2.05, 4.69) is 15.9 Å².